The van der Waals surface area contributed by atoms with Gasteiger partial charge in [0.2, 0.25) is 5.91 Å². The number of aliphatic hydroxyl groups is 1. The molecule has 1 rings (SSSR count). The number of nitrogens with one attached hydrogen (secondary N) is 1. The summed E-state index contributed by atoms with van der Waals surface area (Å²) in [5.41, 5.74) is -0.882. The molecule has 5 nitrogen and oxygen atoms in total. The monoisotopic (exact) mass is 271 g/mol. The second-order valence-electron chi connectivity index (χ2n) is 6.06. The molecule has 3 N–H and O–H groups in total. The van der Waals surface area contributed by atoms with Gasteiger partial charge in [-0.25, -0.2) is 0 Å². The van der Waals surface area contributed by atoms with Crippen molar-refractivity contribution in [1.82, 2.24) is 5.32 Å². The summed E-state index contributed by atoms with van der Waals surface area (Å²) in [6.07, 6.45) is 2.98. The van der Waals surface area contributed by atoms with Crippen LogP contribution in [0.4, 0.5) is 0 Å². The molecule has 1 saturated carbocycles. The minimum atomic E-state index is -0.882. The fourth-order valence-corrected chi connectivity index (χ4v) is 2.75. The Balaban J connectivity index is 2.40. The number of rotatable bonds is 7. The van der Waals surface area contributed by atoms with Crippen molar-refractivity contribution in [2.75, 3.05) is 6.54 Å². The van der Waals surface area contributed by atoms with Gasteiger partial charge in [-0.2, -0.15) is 0 Å². The molecule has 1 amide bonds. The third-order valence-corrected chi connectivity index (χ3v) is 3.79. The minimum Gasteiger partial charge on any atom is -0.481 e. The van der Waals surface area contributed by atoms with Gasteiger partial charge in [-0.15, -0.1) is 0 Å². The molecule has 0 aromatic rings. The van der Waals surface area contributed by atoms with Crippen molar-refractivity contribution < 1.29 is 19.8 Å². The molecule has 0 spiro atoms. The first kappa shape index (κ1) is 16.0. The average Bonchev–Trinajstić information content (AvgIpc) is 2.75. The Labute approximate surface area is 114 Å². The minimum absolute atomic E-state index is 0.0245. The molecular formula is C14H25NO4. The van der Waals surface area contributed by atoms with Crippen molar-refractivity contribution >= 4 is 11.9 Å². The smallest absolute Gasteiger partial charge is 0.310 e. The first-order chi connectivity index (χ1) is 8.85. The summed E-state index contributed by atoms with van der Waals surface area (Å²) in [6, 6.07) is 0. The van der Waals surface area contributed by atoms with Gasteiger partial charge in [0.1, 0.15) is 0 Å². The molecule has 1 aliphatic carbocycles. The third-order valence-electron chi connectivity index (χ3n) is 3.79. The van der Waals surface area contributed by atoms with Crippen molar-refractivity contribution in [3.63, 3.8) is 0 Å². The van der Waals surface area contributed by atoms with E-state index < -0.39 is 17.5 Å². The molecular weight excluding hydrogens is 246 g/mol. The summed E-state index contributed by atoms with van der Waals surface area (Å²) in [5, 5.41) is 21.6. The van der Waals surface area contributed by atoms with E-state index >= 15 is 0 Å². The average molecular weight is 271 g/mol. The maximum absolute atomic E-state index is 11.8. The van der Waals surface area contributed by atoms with Crippen molar-refractivity contribution in [3.8, 4) is 0 Å². The number of aliphatic hydroxyl groups excluding tert-OH is 1. The zero-order valence-corrected chi connectivity index (χ0v) is 11.8. The predicted octanol–water partition coefficient (Wildman–Crippen LogP) is 1.54. The second kappa shape index (κ2) is 6.89. The van der Waals surface area contributed by atoms with E-state index in [1.807, 2.05) is 13.8 Å². The highest BCUT2D eigenvalue weighted by Gasteiger charge is 2.42. The quantitative estimate of drug-likeness (QED) is 0.655. The summed E-state index contributed by atoms with van der Waals surface area (Å²) in [6.45, 7) is 4.21. The Morgan fingerprint density at radius 3 is 2.32 bits per heavy atom. The van der Waals surface area contributed by atoms with Crippen molar-refractivity contribution in [2.24, 2.45) is 11.3 Å². The molecule has 0 aliphatic heterocycles. The van der Waals surface area contributed by atoms with Gasteiger partial charge in [-0.05, 0) is 25.2 Å². The zero-order chi connectivity index (χ0) is 14.5. The van der Waals surface area contributed by atoms with E-state index in [9.17, 15) is 19.8 Å². The van der Waals surface area contributed by atoms with Gasteiger partial charge in [0.25, 0.3) is 0 Å². The summed E-state index contributed by atoms with van der Waals surface area (Å²) < 4.78 is 0. The van der Waals surface area contributed by atoms with Crippen LogP contribution in [-0.2, 0) is 9.59 Å². The molecule has 5 heteroatoms. The van der Waals surface area contributed by atoms with Gasteiger partial charge in [0, 0.05) is 13.0 Å². The topological polar surface area (TPSA) is 86.6 Å². The van der Waals surface area contributed by atoms with E-state index in [-0.39, 0.29) is 18.9 Å². The number of hydrogen-bond acceptors (Lipinski definition) is 3. The molecule has 0 radical (unpaired) electrons. The van der Waals surface area contributed by atoms with Gasteiger partial charge >= 0.3 is 5.97 Å². The highest BCUT2D eigenvalue weighted by Crippen LogP contribution is 2.41. The lowest BCUT2D eigenvalue weighted by atomic mass is 9.82. The Morgan fingerprint density at radius 1 is 1.26 bits per heavy atom. The van der Waals surface area contributed by atoms with Crippen LogP contribution in [0.1, 0.15) is 52.4 Å². The largest absolute Gasteiger partial charge is 0.481 e. The molecule has 1 aliphatic rings. The number of carboxylic acids is 1. The lowest BCUT2D eigenvalue weighted by molar-refractivity contribution is -0.151. The molecule has 1 fully saturated rings. The van der Waals surface area contributed by atoms with Crippen LogP contribution in [0.25, 0.3) is 0 Å². The maximum Gasteiger partial charge on any atom is 0.310 e. The van der Waals surface area contributed by atoms with E-state index in [1.54, 1.807) is 0 Å². The van der Waals surface area contributed by atoms with Crippen LogP contribution in [0.2, 0.25) is 0 Å². The standard InChI is InChI=1S/C14H25NO4/c1-10(2)7-11(16)9-15-12(17)8-14(13(18)19)5-3-4-6-14/h10-11,16H,3-9H2,1-2H3,(H,15,17)(H,18,19). The Morgan fingerprint density at radius 2 is 1.84 bits per heavy atom. The van der Waals surface area contributed by atoms with Crippen molar-refractivity contribution in [2.45, 2.75) is 58.5 Å². The van der Waals surface area contributed by atoms with E-state index in [0.717, 1.165) is 12.8 Å². The summed E-state index contributed by atoms with van der Waals surface area (Å²) >= 11 is 0. The fraction of sp³-hybridized carbons (Fsp3) is 0.857. The molecule has 1 atom stereocenters. The molecule has 1 unspecified atom stereocenters. The van der Waals surface area contributed by atoms with E-state index in [4.69, 9.17) is 0 Å². The number of carbonyl (C=O) groups excluding carboxylic acids is 1. The third kappa shape index (κ3) is 4.82. The molecule has 0 heterocycles. The normalized spacial score (nSPS) is 19.4. The Hall–Kier alpha value is -1.10. The summed E-state index contributed by atoms with van der Waals surface area (Å²) in [5.74, 6) is -0.776. The second-order valence-corrected chi connectivity index (χ2v) is 6.06. The van der Waals surface area contributed by atoms with Gasteiger partial charge in [-0.3, -0.25) is 9.59 Å². The number of hydrogen-bond donors (Lipinski definition) is 3. The van der Waals surface area contributed by atoms with Gasteiger partial charge in [0.05, 0.1) is 11.5 Å². The number of amides is 1. The van der Waals surface area contributed by atoms with E-state index in [0.29, 0.717) is 25.2 Å². The highest BCUT2D eigenvalue weighted by atomic mass is 16.4. The molecule has 19 heavy (non-hydrogen) atoms. The lowest BCUT2D eigenvalue weighted by Crippen LogP contribution is -2.38. The van der Waals surface area contributed by atoms with Gasteiger partial charge in [0.15, 0.2) is 0 Å². The van der Waals surface area contributed by atoms with Gasteiger partial charge in [-0.1, -0.05) is 26.7 Å². The Bertz CT molecular complexity index is 321. The molecule has 0 aromatic heterocycles. The summed E-state index contributed by atoms with van der Waals surface area (Å²) in [4.78, 5) is 23.1. The Kier molecular flexibility index (Phi) is 5.79. The SMILES string of the molecule is CC(C)CC(O)CNC(=O)CC1(C(=O)O)CCCC1. The zero-order valence-electron chi connectivity index (χ0n) is 11.8. The fourth-order valence-electron chi connectivity index (χ4n) is 2.75. The van der Waals surface area contributed by atoms with Crippen LogP contribution in [0.5, 0.6) is 0 Å². The van der Waals surface area contributed by atoms with Crippen molar-refractivity contribution in [1.29, 1.82) is 0 Å². The number of carboxylic acid groups (broad SMARTS) is 1. The van der Waals surface area contributed by atoms with Crippen LogP contribution in [0.3, 0.4) is 0 Å². The molecule has 110 valence electrons. The molecule has 0 saturated heterocycles. The first-order valence-electron chi connectivity index (χ1n) is 7.04. The van der Waals surface area contributed by atoms with E-state index in [1.165, 1.54) is 0 Å². The van der Waals surface area contributed by atoms with Gasteiger partial charge < -0.3 is 15.5 Å². The molecule has 0 aromatic carbocycles. The predicted molar refractivity (Wildman–Crippen MR) is 71.6 cm³/mol. The first-order valence-corrected chi connectivity index (χ1v) is 7.04. The highest BCUT2D eigenvalue weighted by molar-refractivity contribution is 5.85. The number of carbonyl (C=O) groups is 2. The van der Waals surface area contributed by atoms with Crippen LogP contribution in [-0.4, -0.2) is 34.7 Å². The van der Waals surface area contributed by atoms with Crippen LogP contribution < -0.4 is 5.32 Å². The lowest BCUT2D eigenvalue weighted by Gasteiger charge is -2.23. The van der Waals surface area contributed by atoms with Crippen LogP contribution >= 0.6 is 0 Å². The maximum atomic E-state index is 11.8. The van der Waals surface area contributed by atoms with Crippen LogP contribution in [0.15, 0.2) is 0 Å². The molecule has 0 bridgehead atoms. The van der Waals surface area contributed by atoms with E-state index in [2.05, 4.69) is 5.32 Å². The number of aliphatic carboxylic acids is 1. The summed E-state index contributed by atoms with van der Waals surface area (Å²) in [7, 11) is 0. The van der Waals surface area contributed by atoms with Crippen LogP contribution in [0, 0.1) is 11.3 Å². The van der Waals surface area contributed by atoms with Crippen molar-refractivity contribution in [3.05, 3.63) is 0 Å².